The van der Waals surface area contributed by atoms with Gasteiger partial charge >= 0.3 is 0 Å². The first kappa shape index (κ1) is 18.7. The summed E-state index contributed by atoms with van der Waals surface area (Å²) < 4.78 is 5.07. The van der Waals surface area contributed by atoms with Crippen molar-refractivity contribution in [3.63, 3.8) is 0 Å². The van der Waals surface area contributed by atoms with Crippen LogP contribution < -0.4 is 10.6 Å². The topological polar surface area (TPSA) is 48.9 Å². The smallest absolute Gasteiger partial charge is 0.191 e. The predicted molar refractivity (Wildman–Crippen MR) is 93.6 cm³/mol. The second-order valence-corrected chi connectivity index (χ2v) is 5.48. The number of rotatable bonds is 9. The summed E-state index contributed by atoms with van der Waals surface area (Å²) in [6.45, 7) is 6.94. The number of likely N-dealkylation sites (N-methyl/N-ethyl adjacent to an activating group) is 1. The molecule has 0 bridgehead atoms. The maximum atomic E-state index is 5.99. The predicted octanol–water partition coefficient (Wildman–Crippen LogP) is 1.97. The maximum absolute atomic E-state index is 5.99. The lowest BCUT2D eigenvalue weighted by atomic mass is 10.2. The van der Waals surface area contributed by atoms with E-state index >= 15 is 0 Å². The summed E-state index contributed by atoms with van der Waals surface area (Å²) >= 11 is 5.99. The number of hydrogen-bond acceptors (Lipinski definition) is 3. The lowest BCUT2D eigenvalue weighted by molar-refractivity contribution is 0.162. The molecule has 0 aliphatic rings. The summed E-state index contributed by atoms with van der Waals surface area (Å²) in [6.07, 6.45) is 0. The summed E-state index contributed by atoms with van der Waals surface area (Å²) in [5.74, 6) is 0.822. The normalized spacial score (nSPS) is 11.8. The molecule has 0 atom stereocenters. The van der Waals surface area contributed by atoms with E-state index in [-0.39, 0.29) is 0 Å². The molecule has 0 aliphatic heterocycles. The zero-order valence-corrected chi connectivity index (χ0v) is 14.5. The zero-order chi connectivity index (χ0) is 16.2. The average molecular weight is 327 g/mol. The first-order valence-electron chi connectivity index (χ1n) is 7.59. The van der Waals surface area contributed by atoms with Gasteiger partial charge in [0.25, 0.3) is 0 Å². The van der Waals surface area contributed by atoms with Gasteiger partial charge in [-0.25, -0.2) is 4.99 Å². The Hall–Kier alpha value is -1.30. The molecule has 1 aromatic carbocycles. The number of hydrogen-bond donors (Lipinski definition) is 2. The van der Waals surface area contributed by atoms with Gasteiger partial charge in [-0.15, -0.1) is 0 Å². The van der Waals surface area contributed by atoms with Gasteiger partial charge in [-0.3, -0.25) is 0 Å². The van der Waals surface area contributed by atoms with Gasteiger partial charge in [0.2, 0.25) is 0 Å². The molecule has 0 amide bonds. The Morgan fingerprint density at radius 2 is 2.14 bits per heavy atom. The summed E-state index contributed by atoms with van der Waals surface area (Å²) in [4.78, 5) is 6.80. The number of nitrogens with zero attached hydrogens (tertiary/aromatic N) is 2. The number of halogens is 1. The molecule has 0 spiro atoms. The van der Waals surface area contributed by atoms with E-state index in [1.165, 1.54) is 0 Å². The molecular formula is C16H27ClN4O. The van der Waals surface area contributed by atoms with E-state index in [0.717, 1.165) is 49.3 Å². The maximum Gasteiger partial charge on any atom is 0.191 e. The third-order valence-corrected chi connectivity index (χ3v) is 3.35. The molecule has 5 nitrogen and oxygen atoms in total. The fourth-order valence-electron chi connectivity index (χ4n) is 1.87. The second-order valence-electron chi connectivity index (χ2n) is 5.05. The van der Waals surface area contributed by atoms with Gasteiger partial charge in [-0.2, -0.15) is 0 Å². The molecule has 0 radical (unpaired) electrons. The van der Waals surface area contributed by atoms with Crippen molar-refractivity contribution in [1.82, 2.24) is 15.5 Å². The van der Waals surface area contributed by atoms with Gasteiger partial charge in [0.05, 0.1) is 13.2 Å². The molecule has 0 unspecified atom stereocenters. The summed E-state index contributed by atoms with van der Waals surface area (Å²) in [7, 11) is 3.80. The molecule has 0 aliphatic carbocycles. The lowest BCUT2D eigenvalue weighted by Gasteiger charge is -2.17. The minimum atomic E-state index is 0.607. The minimum absolute atomic E-state index is 0.607. The van der Waals surface area contributed by atoms with E-state index < -0.39 is 0 Å². The van der Waals surface area contributed by atoms with Crippen LogP contribution in [0.15, 0.2) is 29.3 Å². The number of ether oxygens (including phenoxy) is 1. The fourth-order valence-corrected chi connectivity index (χ4v) is 2.08. The molecule has 0 fully saturated rings. The summed E-state index contributed by atoms with van der Waals surface area (Å²) in [5, 5.41) is 7.32. The van der Waals surface area contributed by atoms with Crippen LogP contribution in [0.5, 0.6) is 0 Å². The first-order chi connectivity index (χ1) is 10.7. The van der Waals surface area contributed by atoms with E-state index in [9.17, 15) is 0 Å². The summed E-state index contributed by atoms with van der Waals surface area (Å²) in [5.41, 5.74) is 1.10. The van der Waals surface area contributed by atoms with Crippen molar-refractivity contribution in [3.05, 3.63) is 34.9 Å². The molecule has 1 rings (SSSR count). The van der Waals surface area contributed by atoms with Crippen molar-refractivity contribution in [1.29, 1.82) is 0 Å². The molecule has 0 saturated carbocycles. The van der Waals surface area contributed by atoms with Crippen LogP contribution in [-0.2, 0) is 11.3 Å². The highest BCUT2D eigenvalue weighted by Gasteiger charge is 2.00. The standard InChI is InChI=1S/C16H27ClN4O/c1-4-18-16(19-8-9-21(2)10-11-22-3)20-13-14-6-5-7-15(17)12-14/h5-7,12H,4,8-11,13H2,1-3H3,(H2,18,19,20). The van der Waals surface area contributed by atoms with Crippen LogP contribution in [0.4, 0.5) is 0 Å². The Morgan fingerprint density at radius 1 is 1.32 bits per heavy atom. The van der Waals surface area contributed by atoms with Gasteiger partial charge in [-0.05, 0) is 31.7 Å². The first-order valence-corrected chi connectivity index (χ1v) is 7.97. The van der Waals surface area contributed by atoms with Gasteiger partial charge in [-0.1, -0.05) is 23.7 Å². The monoisotopic (exact) mass is 326 g/mol. The van der Waals surface area contributed by atoms with Gasteiger partial charge in [0.1, 0.15) is 0 Å². The fraction of sp³-hybridized carbons (Fsp3) is 0.562. The van der Waals surface area contributed by atoms with E-state index in [1.54, 1.807) is 7.11 Å². The number of guanidine groups is 1. The van der Waals surface area contributed by atoms with Gasteiger partial charge in [0.15, 0.2) is 5.96 Å². The number of nitrogens with one attached hydrogen (secondary N) is 2. The lowest BCUT2D eigenvalue weighted by Crippen LogP contribution is -2.41. The molecule has 0 aromatic heterocycles. The van der Waals surface area contributed by atoms with E-state index in [4.69, 9.17) is 16.3 Å². The highest BCUT2D eigenvalue weighted by atomic mass is 35.5. The summed E-state index contributed by atoms with van der Waals surface area (Å²) in [6, 6.07) is 7.77. The number of benzene rings is 1. The highest BCUT2D eigenvalue weighted by molar-refractivity contribution is 6.30. The molecule has 22 heavy (non-hydrogen) atoms. The van der Waals surface area contributed by atoms with E-state index in [0.29, 0.717) is 6.54 Å². The zero-order valence-electron chi connectivity index (χ0n) is 13.7. The van der Waals surface area contributed by atoms with Gasteiger partial charge < -0.3 is 20.3 Å². The number of aliphatic imine (C=N–C) groups is 1. The third kappa shape index (κ3) is 8.22. The van der Waals surface area contributed by atoms with E-state index in [2.05, 4.69) is 34.5 Å². The van der Waals surface area contributed by atoms with Crippen molar-refractivity contribution < 1.29 is 4.74 Å². The molecule has 0 saturated heterocycles. The van der Waals surface area contributed by atoms with Crippen LogP contribution in [-0.4, -0.2) is 57.8 Å². The SMILES string of the molecule is CCNC(=NCc1cccc(Cl)c1)NCCN(C)CCOC. The van der Waals surface area contributed by atoms with Crippen LogP contribution in [0.25, 0.3) is 0 Å². The Labute approximate surface area is 138 Å². The van der Waals surface area contributed by atoms with Crippen molar-refractivity contribution in [2.75, 3.05) is 46.9 Å². The van der Waals surface area contributed by atoms with Crippen LogP contribution in [0.1, 0.15) is 12.5 Å². The highest BCUT2D eigenvalue weighted by Crippen LogP contribution is 2.11. The van der Waals surface area contributed by atoms with Crippen LogP contribution in [0.3, 0.4) is 0 Å². The number of methoxy groups -OCH3 is 1. The van der Waals surface area contributed by atoms with Gasteiger partial charge in [0, 0.05) is 38.3 Å². The van der Waals surface area contributed by atoms with Crippen molar-refractivity contribution in [2.24, 2.45) is 4.99 Å². The Morgan fingerprint density at radius 3 is 2.82 bits per heavy atom. The second kappa shape index (κ2) is 11.3. The molecule has 0 heterocycles. The Kier molecular flexibility index (Phi) is 9.62. The minimum Gasteiger partial charge on any atom is -0.383 e. The molecule has 124 valence electrons. The Balaban J connectivity index is 2.42. The molecule has 6 heteroatoms. The molecular weight excluding hydrogens is 300 g/mol. The molecule has 1 aromatic rings. The van der Waals surface area contributed by atoms with Crippen molar-refractivity contribution in [2.45, 2.75) is 13.5 Å². The van der Waals surface area contributed by atoms with Crippen LogP contribution in [0.2, 0.25) is 5.02 Å². The molecule has 2 N–H and O–H groups in total. The Bertz CT molecular complexity index is 454. The van der Waals surface area contributed by atoms with Crippen LogP contribution >= 0.6 is 11.6 Å². The average Bonchev–Trinajstić information content (AvgIpc) is 2.50. The van der Waals surface area contributed by atoms with Crippen LogP contribution in [0, 0.1) is 0 Å². The third-order valence-electron chi connectivity index (χ3n) is 3.12. The van der Waals surface area contributed by atoms with E-state index in [1.807, 2.05) is 24.3 Å². The van der Waals surface area contributed by atoms with Crippen molar-refractivity contribution >= 4 is 17.6 Å². The van der Waals surface area contributed by atoms with Crippen molar-refractivity contribution in [3.8, 4) is 0 Å². The quantitative estimate of drug-likeness (QED) is 0.538. The largest absolute Gasteiger partial charge is 0.383 e.